The predicted octanol–water partition coefficient (Wildman–Crippen LogP) is 2.66. The van der Waals surface area contributed by atoms with E-state index in [0.717, 1.165) is 0 Å². The van der Waals surface area contributed by atoms with Crippen molar-refractivity contribution in [1.29, 1.82) is 0 Å². The Morgan fingerprint density at radius 3 is 2.81 bits per heavy atom. The number of halogens is 1. The minimum atomic E-state index is -0.368. The average Bonchev–Trinajstić information content (AvgIpc) is 2.32. The summed E-state index contributed by atoms with van der Waals surface area (Å²) in [6.07, 6.45) is 1.48. The molecular formula is C11H8ClNO2S. The number of carbonyl (C=O) groups excluding carboxylic acids is 2. The van der Waals surface area contributed by atoms with E-state index in [2.05, 4.69) is 4.98 Å². The second kappa shape index (κ2) is 4.39. The fraction of sp³-hybridized carbons (Fsp3) is 0.182. The molecule has 16 heavy (non-hydrogen) atoms. The highest BCUT2D eigenvalue weighted by molar-refractivity contribution is 8.04. The van der Waals surface area contributed by atoms with E-state index in [1.54, 1.807) is 12.1 Å². The summed E-state index contributed by atoms with van der Waals surface area (Å²) in [5.41, 5.74) is 0.491. The summed E-state index contributed by atoms with van der Waals surface area (Å²) in [4.78, 5) is 28.1. The van der Waals surface area contributed by atoms with Gasteiger partial charge in [-0.25, -0.2) is 0 Å². The highest BCUT2D eigenvalue weighted by Gasteiger charge is 2.32. The number of thioether (sulfide) groups is 1. The number of ketones is 2. The van der Waals surface area contributed by atoms with Gasteiger partial charge >= 0.3 is 0 Å². The van der Waals surface area contributed by atoms with Crippen LogP contribution in [0.5, 0.6) is 0 Å². The van der Waals surface area contributed by atoms with Gasteiger partial charge in [0.15, 0.2) is 0 Å². The number of aromatic nitrogens is 1. The van der Waals surface area contributed by atoms with Crippen LogP contribution in [-0.4, -0.2) is 22.3 Å². The van der Waals surface area contributed by atoms with E-state index in [-0.39, 0.29) is 22.3 Å². The molecule has 0 amide bonds. The fourth-order valence-electron chi connectivity index (χ4n) is 1.47. The molecule has 1 aromatic rings. The first-order valence-corrected chi connectivity index (χ1v) is 6.10. The van der Waals surface area contributed by atoms with Crippen molar-refractivity contribution in [3.05, 3.63) is 39.5 Å². The molecule has 2 rings (SSSR count). The fourth-order valence-corrected chi connectivity index (χ4v) is 2.56. The first-order chi connectivity index (χ1) is 7.66. The van der Waals surface area contributed by atoms with Crippen LogP contribution in [0.2, 0.25) is 0 Å². The smallest absolute Gasteiger partial charge is 0.224 e. The minimum absolute atomic E-state index is 0.0111. The van der Waals surface area contributed by atoms with E-state index in [9.17, 15) is 9.59 Å². The molecule has 0 saturated carbocycles. The van der Waals surface area contributed by atoms with Crippen molar-refractivity contribution in [3.63, 3.8) is 0 Å². The van der Waals surface area contributed by atoms with Crippen molar-refractivity contribution in [2.45, 2.75) is 6.92 Å². The van der Waals surface area contributed by atoms with Crippen molar-refractivity contribution in [3.8, 4) is 0 Å². The molecule has 1 heterocycles. The molecule has 0 spiro atoms. The van der Waals surface area contributed by atoms with Crippen LogP contribution in [-0.2, 0) is 0 Å². The molecule has 0 bridgehead atoms. The van der Waals surface area contributed by atoms with Gasteiger partial charge in [0.1, 0.15) is 10.7 Å². The zero-order valence-electron chi connectivity index (χ0n) is 8.49. The highest BCUT2D eigenvalue weighted by Crippen LogP contribution is 2.33. The largest absolute Gasteiger partial charge is 0.288 e. The standard InChI is InChI=1S/C11H8ClNO2S/c1-2-16-11-7(12)10(15)8-6(9(11)14)4-3-5-13-8/h3-5H,2H2,1H3. The van der Waals surface area contributed by atoms with E-state index in [0.29, 0.717) is 16.2 Å². The number of pyridine rings is 1. The van der Waals surface area contributed by atoms with Gasteiger partial charge in [0.25, 0.3) is 0 Å². The summed E-state index contributed by atoms with van der Waals surface area (Å²) in [5, 5.41) is -0.0111. The van der Waals surface area contributed by atoms with Crippen LogP contribution in [0.1, 0.15) is 27.8 Å². The van der Waals surface area contributed by atoms with Crippen LogP contribution in [0, 0.1) is 0 Å². The van der Waals surface area contributed by atoms with Gasteiger partial charge in [-0.2, -0.15) is 0 Å². The number of Topliss-reactive ketones (excluding diaryl/α,β-unsaturated/α-hetero) is 2. The SMILES string of the molecule is CCSC1=C(Cl)C(=O)c2ncccc2C1=O. The number of carbonyl (C=O) groups is 2. The first-order valence-electron chi connectivity index (χ1n) is 4.73. The molecule has 0 radical (unpaired) electrons. The normalized spacial score (nSPS) is 15.4. The lowest BCUT2D eigenvalue weighted by Crippen LogP contribution is -2.20. The third-order valence-electron chi connectivity index (χ3n) is 2.16. The second-order valence-electron chi connectivity index (χ2n) is 3.13. The topological polar surface area (TPSA) is 47.0 Å². The molecule has 0 aromatic carbocycles. The third-order valence-corrected chi connectivity index (χ3v) is 3.60. The van der Waals surface area contributed by atoms with E-state index < -0.39 is 0 Å². The van der Waals surface area contributed by atoms with Gasteiger partial charge in [0.05, 0.1) is 10.5 Å². The Morgan fingerprint density at radius 2 is 2.12 bits per heavy atom. The Kier molecular flexibility index (Phi) is 3.12. The Hall–Kier alpha value is -1.13. The van der Waals surface area contributed by atoms with Gasteiger partial charge in [-0.3, -0.25) is 14.6 Å². The van der Waals surface area contributed by atoms with Crippen LogP contribution in [0.25, 0.3) is 0 Å². The van der Waals surface area contributed by atoms with Gasteiger partial charge in [0, 0.05) is 6.20 Å². The Labute approximate surface area is 102 Å². The van der Waals surface area contributed by atoms with E-state index in [1.165, 1.54) is 18.0 Å². The number of allylic oxidation sites excluding steroid dienone is 2. The van der Waals surface area contributed by atoms with Crippen molar-refractivity contribution in [2.75, 3.05) is 5.75 Å². The molecule has 3 nitrogen and oxygen atoms in total. The quantitative estimate of drug-likeness (QED) is 0.813. The summed E-state index contributed by atoms with van der Waals surface area (Å²) in [7, 11) is 0. The van der Waals surface area contributed by atoms with Gasteiger partial charge < -0.3 is 0 Å². The van der Waals surface area contributed by atoms with Gasteiger partial charge in [-0.05, 0) is 17.9 Å². The van der Waals surface area contributed by atoms with E-state index in [4.69, 9.17) is 11.6 Å². The number of hydrogen-bond acceptors (Lipinski definition) is 4. The molecule has 0 atom stereocenters. The zero-order valence-corrected chi connectivity index (χ0v) is 10.1. The Morgan fingerprint density at radius 1 is 1.38 bits per heavy atom. The molecule has 1 aromatic heterocycles. The number of hydrogen-bond donors (Lipinski definition) is 0. The molecule has 5 heteroatoms. The zero-order chi connectivity index (χ0) is 11.7. The molecule has 0 N–H and O–H groups in total. The van der Waals surface area contributed by atoms with Gasteiger partial charge in [-0.1, -0.05) is 18.5 Å². The lowest BCUT2D eigenvalue weighted by Gasteiger charge is -2.15. The van der Waals surface area contributed by atoms with E-state index in [1.807, 2.05) is 6.92 Å². The van der Waals surface area contributed by atoms with Crippen LogP contribution >= 0.6 is 23.4 Å². The summed E-state index contributed by atoms with van der Waals surface area (Å²) in [5.74, 6) is 0.118. The van der Waals surface area contributed by atoms with Gasteiger partial charge in [-0.15, -0.1) is 11.8 Å². The van der Waals surface area contributed by atoms with Crippen molar-refractivity contribution in [1.82, 2.24) is 4.98 Å². The lowest BCUT2D eigenvalue weighted by molar-refractivity contribution is 0.0984. The summed E-state index contributed by atoms with van der Waals surface area (Å²) >= 11 is 7.17. The first kappa shape index (κ1) is 11.4. The average molecular weight is 254 g/mol. The highest BCUT2D eigenvalue weighted by atomic mass is 35.5. The molecule has 0 aliphatic heterocycles. The Balaban J connectivity index is 2.58. The maximum Gasteiger partial charge on any atom is 0.224 e. The second-order valence-corrected chi connectivity index (χ2v) is 4.79. The summed E-state index contributed by atoms with van der Waals surface area (Å²) in [6.45, 7) is 1.90. The van der Waals surface area contributed by atoms with Crippen molar-refractivity contribution >= 4 is 34.9 Å². The Bertz CT molecular complexity index is 510. The minimum Gasteiger partial charge on any atom is -0.288 e. The number of rotatable bonds is 2. The molecular weight excluding hydrogens is 246 g/mol. The number of nitrogens with zero attached hydrogens (tertiary/aromatic N) is 1. The molecule has 0 saturated heterocycles. The van der Waals surface area contributed by atoms with Crippen molar-refractivity contribution < 1.29 is 9.59 Å². The summed E-state index contributed by atoms with van der Waals surface area (Å²) < 4.78 is 0. The van der Waals surface area contributed by atoms with Crippen LogP contribution in [0.15, 0.2) is 28.3 Å². The lowest BCUT2D eigenvalue weighted by atomic mass is 10.00. The molecule has 0 unspecified atom stereocenters. The predicted molar refractivity (Wildman–Crippen MR) is 63.9 cm³/mol. The maximum absolute atomic E-state index is 12.0. The summed E-state index contributed by atoms with van der Waals surface area (Å²) in [6, 6.07) is 3.24. The molecule has 82 valence electrons. The maximum atomic E-state index is 12.0. The van der Waals surface area contributed by atoms with Crippen LogP contribution in [0.4, 0.5) is 0 Å². The monoisotopic (exact) mass is 253 g/mol. The molecule has 1 aliphatic rings. The van der Waals surface area contributed by atoms with Crippen LogP contribution in [0.3, 0.4) is 0 Å². The third kappa shape index (κ3) is 1.68. The van der Waals surface area contributed by atoms with Crippen molar-refractivity contribution in [2.24, 2.45) is 0 Å². The number of fused-ring (bicyclic) bond motifs is 1. The molecule has 1 aliphatic carbocycles. The van der Waals surface area contributed by atoms with Crippen LogP contribution < -0.4 is 0 Å². The van der Waals surface area contributed by atoms with Gasteiger partial charge in [0.2, 0.25) is 11.6 Å². The van der Waals surface area contributed by atoms with E-state index >= 15 is 0 Å². The molecule has 0 fully saturated rings.